The van der Waals surface area contributed by atoms with Gasteiger partial charge in [-0.25, -0.2) is 0 Å². The monoisotopic (exact) mass is 364 g/mol. The van der Waals surface area contributed by atoms with Crippen molar-refractivity contribution >= 4 is 28.3 Å². The quantitative estimate of drug-likeness (QED) is 0.657. The van der Waals surface area contributed by atoms with E-state index in [1.807, 2.05) is 6.07 Å². The molecule has 6 nitrogen and oxygen atoms in total. The number of anilines is 1. The standard InChI is InChI=1S/C21H20N2O4/c1-13(24)14-3-6-17(7-4-14)22-20(25)10-5-15-11-16-12-18(27-2)8-9-19(16)23-21(15)26/h3-4,6-9,11-12H,5,10H2,1-2H3,(H,22,25)(H,23,26). The number of ketones is 1. The Morgan fingerprint density at radius 2 is 1.81 bits per heavy atom. The minimum absolute atomic E-state index is 0.0277. The van der Waals surface area contributed by atoms with Crippen LogP contribution in [0, 0.1) is 0 Å². The summed E-state index contributed by atoms with van der Waals surface area (Å²) in [5, 5.41) is 3.62. The maximum Gasteiger partial charge on any atom is 0.251 e. The third kappa shape index (κ3) is 4.41. The van der Waals surface area contributed by atoms with Crippen LogP contribution in [0.4, 0.5) is 5.69 Å². The van der Waals surface area contributed by atoms with E-state index in [0.717, 1.165) is 10.9 Å². The van der Waals surface area contributed by atoms with E-state index >= 15 is 0 Å². The summed E-state index contributed by atoms with van der Waals surface area (Å²) < 4.78 is 5.20. The minimum atomic E-state index is -0.203. The summed E-state index contributed by atoms with van der Waals surface area (Å²) in [6.07, 6.45) is 0.493. The molecule has 1 aromatic heterocycles. The van der Waals surface area contributed by atoms with Gasteiger partial charge in [0, 0.05) is 34.1 Å². The molecule has 3 rings (SSSR count). The van der Waals surface area contributed by atoms with Crippen LogP contribution in [0.1, 0.15) is 29.3 Å². The molecule has 0 fully saturated rings. The summed E-state index contributed by atoms with van der Waals surface area (Å²) >= 11 is 0. The Balaban J connectivity index is 1.68. The Morgan fingerprint density at radius 3 is 2.48 bits per heavy atom. The second-order valence-corrected chi connectivity index (χ2v) is 6.26. The molecule has 0 aliphatic rings. The van der Waals surface area contributed by atoms with Crippen LogP contribution in [0.5, 0.6) is 5.75 Å². The highest BCUT2D eigenvalue weighted by Gasteiger charge is 2.08. The largest absolute Gasteiger partial charge is 0.497 e. The first kappa shape index (κ1) is 18.4. The Morgan fingerprint density at radius 1 is 1.07 bits per heavy atom. The van der Waals surface area contributed by atoms with Gasteiger partial charge in [0.25, 0.3) is 5.56 Å². The summed E-state index contributed by atoms with van der Waals surface area (Å²) in [6.45, 7) is 1.49. The number of hydrogen-bond donors (Lipinski definition) is 2. The van der Waals surface area contributed by atoms with E-state index in [-0.39, 0.29) is 23.7 Å². The topological polar surface area (TPSA) is 88.3 Å². The van der Waals surface area contributed by atoms with Crippen LogP contribution < -0.4 is 15.6 Å². The van der Waals surface area contributed by atoms with Gasteiger partial charge in [0.1, 0.15) is 5.75 Å². The van der Waals surface area contributed by atoms with Crippen molar-refractivity contribution in [2.75, 3.05) is 12.4 Å². The number of fused-ring (bicyclic) bond motifs is 1. The lowest BCUT2D eigenvalue weighted by Crippen LogP contribution is -2.17. The highest BCUT2D eigenvalue weighted by Crippen LogP contribution is 2.19. The molecule has 2 N–H and O–H groups in total. The number of carbonyl (C=O) groups excluding carboxylic acids is 2. The first-order valence-electron chi connectivity index (χ1n) is 8.57. The number of aromatic nitrogens is 1. The predicted molar refractivity (Wildman–Crippen MR) is 105 cm³/mol. The molecule has 0 radical (unpaired) electrons. The number of rotatable bonds is 6. The Labute approximate surface area is 156 Å². The van der Waals surface area contributed by atoms with Gasteiger partial charge < -0.3 is 15.0 Å². The third-order valence-corrected chi connectivity index (χ3v) is 4.32. The predicted octanol–water partition coefficient (Wildman–Crippen LogP) is 3.31. The first-order chi connectivity index (χ1) is 13.0. The number of nitrogens with one attached hydrogen (secondary N) is 2. The summed E-state index contributed by atoms with van der Waals surface area (Å²) in [5.74, 6) is 0.475. The normalized spacial score (nSPS) is 10.6. The van der Waals surface area contributed by atoms with Crippen molar-refractivity contribution in [2.24, 2.45) is 0 Å². The van der Waals surface area contributed by atoms with Crippen LogP contribution in [-0.2, 0) is 11.2 Å². The molecular formula is C21H20N2O4. The second-order valence-electron chi connectivity index (χ2n) is 6.26. The number of hydrogen-bond acceptors (Lipinski definition) is 4. The van der Waals surface area contributed by atoms with Gasteiger partial charge >= 0.3 is 0 Å². The molecule has 6 heteroatoms. The van der Waals surface area contributed by atoms with Gasteiger partial charge in [0.2, 0.25) is 5.91 Å². The fraction of sp³-hybridized carbons (Fsp3) is 0.190. The van der Waals surface area contributed by atoms with E-state index in [4.69, 9.17) is 4.74 Å². The number of ether oxygens (including phenoxy) is 1. The van der Waals surface area contributed by atoms with Crippen molar-refractivity contribution in [3.63, 3.8) is 0 Å². The van der Waals surface area contributed by atoms with Gasteiger partial charge in [-0.1, -0.05) is 0 Å². The number of amides is 1. The van der Waals surface area contributed by atoms with Gasteiger partial charge in [-0.15, -0.1) is 0 Å². The van der Waals surface area contributed by atoms with Crippen LogP contribution >= 0.6 is 0 Å². The molecule has 0 atom stereocenters. The summed E-state index contributed by atoms with van der Waals surface area (Å²) in [6, 6.07) is 13.9. The van der Waals surface area contributed by atoms with E-state index in [0.29, 0.717) is 29.0 Å². The second kappa shape index (κ2) is 7.86. The zero-order chi connectivity index (χ0) is 19.4. The van der Waals surface area contributed by atoms with Crippen LogP contribution in [0.25, 0.3) is 10.9 Å². The Bertz CT molecular complexity index is 1050. The lowest BCUT2D eigenvalue weighted by atomic mass is 10.1. The van der Waals surface area contributed by atoms with Crippen LogP contribution in [0.15, 0.2) is 53.3 Å². The molecule has 1 amide bonds. The van der Waals surface area contributed by atoms with E-state index < -0.39 is 0 Å². The third-order valence-electron chi connectivity index (χ3n) is 4.32. The number of aryl methyl sites for hydroxylation is 1. The van der Waals surface area contributed by atoms with Gasteiger partial charge in [-0.05, 0) is 61.9 Å². The molecule has 0 spiro atoms. The number of aromatic amines is 1. The molecule has 1 heterocycles. The highest BCUT2D eigenvalue weighted by molar-refractivity contribution is 5.95. The minimum Gasteiger partial charge on any atom is -0.497 e. The molecule has 0 aliphatic carbocycles. The molecule has 3 aromatic rings. The van der Waals surface area contributed by atoms with Crippen molar-refractivity contribution in [1.29, 1.82) is 0 Å². The lowest BCUT2D eigenvalue weighted by Gasteiger charge is -2.07. The molecule has 2 aromatic carbocycles. The van der Waals surface area contributed by atoms with Gasteiger partial charge in [0.15, 0.2) is 5.78 Å². The smallest absolute Gasteiger partial charge is 0.251 e. The van der Waals surface area contributed by atoms with E-state index in [2.05, 4.69) is 10.3 Å². The Kier molecular flexibility index (Phi) is 5.35. The number of H-pyrrole nitrogens is 1. The molecule has 0 aliphatic heterocycles. The SMILES string of the molecule is COc1ccc2[nH]c(=O)c(CCC(=O)Nc3ccc(C(C)=O)cc3)cc2c1. The van der Waals surface area contributed by atoms with Gasteiger partial charge in [0.05, 0.1) is 7.11 Å². The van der Waals surface area contributed by atoms with E-state index in [1.54, 1.807) is 49.6 Å². The maximum atomic E-state index is 12.2. The van der Waals surface area contributed by atoms with E-state index in [1.165, 1.54) is 6.92 Å². The molecule has 0 saturated heterocycles. The van der Waals surface area contributed by atoms with Crippen LogP contribution in [-0.4, -0.2) is 23.8 Å². The van der Waals surface area contributed by atoms with Crippen molar-refractivity contribution in [2.45, 2.75) is 19.8 Å². The van der Waals surface area contributed by atoms with Gasteiger partial charge in [-0.2, -0.15) is 0 Å². The molecule has 0 saturated carbocycles. The fourth-order valence-corrected chi connectivity index (χ4v) is 2.80. The van der Waals surface area contributed by atoms with Gasteiger partial charge in [-0.3, -0.25) is 14.4 Å². The number of methoxy groups -OCH3 is 1. The molecule has 0 bridgehead atoms. The average Bonchev–Trinajstić information content (AvgIpc) is 2.66. The Hall–Kier alpha value is -3.41. The maximum absolute atomic E-state index is 12.2. The average molecular weight is 364 g/mol. The number of benzene rings is 2. The number of pyridine rings is 1. The number of Topliss-reactive ketones (excluding diaryl/α,β-unsaturated/α-hetero) is 1. The fourth-order valence-electron chi connectivity index (χ4n) is 2.80. The number of carbonyl (C=O) groups is 2. The molecular weight excluding hydrogens is 344 g/mol. The molecule has 0 unspecified atom stereocenters. The summed E-state index contributed by atoms with van der Waals surface area (Å²) in [7, 11) is 1.58. The first-order valence-corrected chi connectivity index (χ1v) is 8.57. The van der Waals surface area contributed by atoms with Crippen molar-refractivity contribution in [3.8, 4) is 5.75 Å². The zero-order valence-corrected chi connectivity index (χ0v) is 15.2. The van der Waals surface area contributed by atoms with Crippen molar-refractivity contribution in [1.82, 2.24) is 4.98 Å². The molecule has 138 valence electrons. The highest BCUT2D eigenvalue weighted by atomic mass is 16.5. The summed E-state index contributed by atoms with van der Waals surface area (Å²) in [4.78, 5) is 38.5. The van der Waals surface area contributed by atoms with Crippen LogP contribution in [0.2, 0.25) is 0 Å². The van der Waals surface area contributed by atoms with Crippen molar-refractivity contribution < 1.29 is 14.3 Å². The summed E-state index contributed by atoms with van der Waals surface area (Å²) in [5.41, 5.74) is 2.26. The van der Waals surface area contributed by atoms with Crippen LogP contribution in [0.3, 0.4) is 0 Å². The zero-order valence-electron chi connectivity index (χ0n) is 15.2. The van der Waals surface area contributed by atoms with Crippen molar-refractivity contribution in [3.05, 3.63) is 70.0 Å². The lowest BCUT2D eigenvalue weighted by molar-refractivity contribution is -0.116. The van der Waals surface area contributed by atoms with E-state index in [9.17, 15) is 14.4 Å². The molecule has 27 heavy (non-hydrogen) atoms.